The van der Waals surface area contributed by atoms with Crippen LogP contribution >= 0.6 is 0 Å². The van der Waals surface area contributed by atoms with E-state index < -0.39 is 10.0 Å². The molecular weight excluding hydrogens is 324 g/mol. The lowest BCUT2D eigenvalue weighted by atomic mass is 10.0. The third-order valence-electron chi connectivity index (χ3n) is 4.36. The van der Waals surface area contributed by atoms with Gasteiger partial charge in [0, 0.05) is 12.6 Å². The lowest BCUT2D eigenvalue weighted by Crippen LogP contribution is -2.30. The van der Waals surface area contributed by atoms with Crippen LogP contribution < -0.4 is 5.14 Å². The molecule has 0 aromatic heterocycles. The zero-order chi connectivity index (χ0) is 18.1. The number of nitrogens with two attached hydrogens (primary N) is 1. The number of hydrogen-bond acceptors (Lipinski definition) is 3. The fraction of sp³-hybridized carbons (Fsp3) is 0.278. The van der Waals surface area contributed by atoms with E-state index in [0.29, 0.717) is 16.7 Å². The van der Waals surface area contributed by atoms with Gasteiger partial charge in [0.25, 0.3) is 5.91 Å². The molecule has 0 aliphatic heterocycles. The molecule has 0 unspecified atom stereocenters. The van der Waals surface area contributed by atoms with Crippen LogP contribution in [0.1, 0.15) is 40.0 Å². The van der Waals surface area contributed by atoms with E-state index in [1.807, 2.05) is 37.3 Å². The Morgan fingerprint density at radius 1 is 1.12 bits per heavy atom. The maximum atomic E-state index is 12.8. The van der Waals surface area contributed by atoms with E-state index >= 15 is 0 Å². The van der Waals surface area contributed by atoms with E-state index in [2.05, 4.69) is 0 Å². The lowest BCUT2D eigenvalue weighted by Gasteiger charge is -2.26. The Hall–Kier alpha value is -2.18. The van der Waals surface area contributed by atoms with Crippen LogP contribution in [-0.4, -0.2) is 26.3 Å². The maximum Gasteiger partial charge on any atom is 0.254 e. The Balaban J connectivity index is 2.41. The lowest BCUT2D eigenvalue weighted by molar-refractivity contribution is 0.0742. The van der Waals surface area contributed by atoms with Gasteiger partial charge in [0.2, 0.25) is 10.0 Å². The largest absolute Gasteiger partial charge is 0.335 e. The predicted molar refractivity (Wildman–Crippen MR) is 94.2 cm³/mol. The highest BCUT2D eigenvalue weighted by Crippen LogP contribution is 2.24. The highest BCUT2D eigenvalue weighted by Gasteiger charge is 2.22. The number of benzene rings is 2. The number of nitrogens with zero attached hydrogens (tertiary/aromatic N) is 1. The number of rotatable bonds is 4. The van der Waals surface area contributed by atoms with Gasteiger partial charge in [-0.3, -0.25) is 4.79 Å². The average Bonchev–Trinajstić information content (AvgIpc) is 2.54. The number of sulfonamides is 1. The number of hydrogen-bond donors (Lipinski definition) is 1. The Kier molecular flexibility index (Phi) is 5.11. The van der Waals surface area contributed by atoms with Crippen molar-refractivity contribution in [1.29, 1.82) is 0 Å². The summed E-state index contributed by atoms with van der Waals surface area (Å²) in [5, 5.41) is 5.27. The monoisotopic (exact) mass is 346 g/mol. The Labute approximate surface area is 143 Å². The third-order valence-corrected chi connectivity index (χ3v) is 5.39. The van der Waals surface area contributed by atoms with Crippen molar-refractivity contribution in [2.45, 2.75) is 31.7 Å². The summed E-state index contributed by atoms with van der Waals surface area (Å²) in [4.78, 5) is 14.4. The third kappa shape index (κ3) is 3.66. The highest BCUT2D eigenvalue weighted by atomic mass is 32.2. The maximum absolute atomic E-state index is 12.8. The van der Waals surface area contributed by atoms with Crippen molar-refractivity contribution >= 4 is 15.9 Å². The standard InChI is InChI=1S/C18H22N2O3S/c1-12-10-16(11-17(13(12)2)24(19,22)23)18(21)20(4)14(3)15-8-6-5-7-9-15/h5-11,14H,1-4H3,(H2,19,22,23)/t14-/m0/s1. The number of aryl methyl sites for hydroxylation is 1. The molecule has 0 aliphatic rings. The van der Waals surface area contributed by atoms with Gasteiger partial charge in [-0.2, -0.15) is 0 Å². The molecule has 0 saturated carbocycles. The van der Waals surface area contributed by atoms with Crippen LogP contribution in [0.3, 0.4) is 0 Å². The summed E-state index contributed by atoms with van der Waals surface area (Å²) >= 11 is 0. The molecule has 0 aliphatic carbocycles. The summed E-state index contributed by atoms with van der Waals surface area (Å²) in [5.41, 5.74) is 2.59. The van der Waals surface area contributed by atoms with Gasteiger partial charge < -0.3 is 4.90 Å². The van der Waals surface area contributed by atoms with E-state index in [9.17, 15) is 13.2 Å². The van der Waals surface area contributed by atoms with Crippen LogP contribution in [0.5, 0.6) is 0 Å². The normalized spacial score (nSPS) is 12.7. The molecule has 2 rings (SSSR count). The van der Waals surface area contributed by atoms with E-state index in [-0.39, 0.29) is 16.8 Å². The van der Waals surface area contributed by atoms with Gasteiger partial charge in [-0.05, 0) is 49.6 Å². The van der Waals surface area contributed by atoms with E-state index in [4.69, 9.17) is 5.14 Å². The van der Waals surface area contributed by atoms with Gasteiger partial charge in [-0.1, -0.05) is 30.3 Å². The van der Waals surface area contributed by atoms with Crippen molar-refractivity contribution in [2.24, 2.45) is 5.14 Å². The van der Waals surface area contributed by atoms with E-state index in [1.54, 1.807) is 31.9 Å². The molecule has 2 aromatic rings. The first-order chi connectivity index (χ1) is 11.1. The summed E-state index contributed by atoms with van der Waals surface area (Å²) in [6, 6.07) is 12.6. The summed E-state index contributed by atoms with van der Waals surface area (Å²) in [7, 11) is -2.18. The van der Waals surface area contributed by atoms with Crippen LogP contribution in [0.2, 0.25) is 0 Å². The predicted octanol–water partition coefficient (Wildman–Crippen LogP) is 2.78. The van der Waals surface area contributed by atoms with Gasteiger partial charge in [-0.25, -0.2) is 13.6 Å². The van der Waals surface area contributed by atoms with Crippen LogP contribution in [0.4, 0.5) is 0 Å². The molecule has 128 valence electrons. The van der Waals surface area contributed by atoms with Gasteiger partial charge in [0.15, 0.2) is 0 Å². The SMILES string of the molecule is Cc1cc(C(=O)N(C)[C@@H](C)c2ccccc2)cc(S(N)(=O)=O)c1C. The van der Waals surface area contributed by atoms with Crippen LogP contribution in [0.25, 0.3) is 0 Å². The average molecular weight is 346 g/mol. The van der Waals surface area contributed by atoms with Gasteiger partial charge in [0.1, 0.15) is 0 Å². The summed E-state index contributed by atoms with van der Waals surface area (Å²) in [5.74, 6) is -0.251. The second-order valence-corrected chi connectivity index (χ2v) is 7.49. The molecule has 2 aromatic carbocycles. The van der Waals surface area contributed by atoms with Crippen molar-refractivity contribution in [2.75, 3.05) is 7.05 Å². The minimum absolute atomic E-state index is 0.00776. The van der Waals surface area contributed by atoms with E-state index in [1.165, 1.54) is 6.07 Å². The summed E-state index contributed by atoms with van der Waals surface area (Å²) in [6.45, 7) is 5.37. The van der Waals surface area contributed by atoms with Crippen molar-refractivity contribution in [3.8, 4) is 0 Å². The minimum Gasteiger partial charge on any atom is -0.335 e. The zero-order valence-electron chi connectivity index (χ0n) is 14.3. The smallest absolute Gasteiger partial charge is 0.254 e. The van der Waals surface area contributed by atoms with Gasteiger partial charge >= 0.3 is 0 Å². The molecule has 0 bridgehead atoms. The molecule has 0 saturated heterocycles. The fourth-order valence-corrected chi connectivity index (χ4v) is 3.46. The molecule has 0 heterocycles. The molecule has 1 atom stereocenters. The summed E-state index contributed by atoms with van der Waals surface area (Å²) in [6.07, 6.45) is 0. The molecule has 0 fully saturated rings. The molecule has 6 heteroatoms. The summed E-state index contributed by atoms with van der Waals surface area (Å²) < 4.78 is 23.5. The molecule has 0 spiro atoms. The molecule has 5 nitrogen and oxygen atoms in total. The quantitative estimate of drug-likeness (QED) is 0.924. The Morgan fingerprint density at radius 3 is 2.25 bits per heavy atom. The Bertz CT molecular complexity index is 861. The number of primary sulfonamides is 1. The Morgan fingerprint density at radius 2 is 1.71 bits per heavy atom. The van der Waals surface area contributed by atoms with Gasteiger partial charge in [-0.15, -0.1) is 0 Å². The first kappa shape index (κ1) is 18.2. The van der Waals surface area contributed by atoms with Crippen molar-refractivity contribution < 1.29 is 13.2 Å². The van der Waals surface area contributed by atoms with Crippen LogP contribution in [-0.2, 0) is 10.0 Å². The topological polar surface area (TPSA) is 80.5 Å². The minimum atomic E-state index is -3.88. The second-order valence-electron chi connectivity index (χ2n) is 5.96. The number of amides is 1. The fourth-order valence-electron chi connectivity index (χ4n) is 2.58. The van der Waals surface area contributed by atoms with Crippen molar-refractivity contribution in [1.82, 2.24) is 4.90 Å². The van der Waals surface area contributed by atoms with Crippen LogP contribution in [0, 0.1) is 13.8 Å². The first-order valence-electron chi connectivity index (χ1n) is 7.59. The first-order valence-corrected chi connectivity index (χ1v) is 9.13. The highest BCUT2D eigenvalue weighted by molar-refractivity contribution is 7.89. The molecule has 2 N–H and O–H groups in total. The molecule has 24 heavy (non-hydrogen) atoms. The van der Waals surface area contributed by atoms with Crippen molar-refractivity contribution in [3.63, 3.8) is 0 Å². The zero-order valence-corrected chi connectivity index (χ0v) is 15.1. The van der Waals surface area contributed by atoms with Crippen LogP contribution in [0.15, 0.2) is 47.4 Å². The second kappa shape index (κ2) is 6.75. The molecule has 0 radical (unpaired) electrons. The van der Waals surface area contributed by atoms with E-state index in [0.717, 1.165) is 5.56 Å². The number of carbonyl (C=O) groups is 1. The molecule has 1 amide bonds. The molecular formula is C18H22N2O3S. The van der Waals surface area contributed by atoms with Gasteiger partial charge in [0.05, 0.1) is 10.9 Å². The van der Waals surface area contributed by atoms with Crippen molar-refractivity contribution in [3.05, 3.63) is 64.7 Å². The number of carbonyl (C=O) groups excluding carboxylic acids is 1.